The second-order valence-electron chi connectivity index (χ2n) is 15.1. The van der Waals surface area contributed by atoms with E-state index in [0.29, 0.717) is 25.6 Å². The molecule has 332 valence electrons. The van der Waals surface area contributed by atoms with Gasteiger partial charge in [-0.3, -0.25) is 0 Å². The highest BCUT2D eigenvalue weighted by molar-refractivity contribution is 6.93. The minimum absolute atomic E-state index is 0.168. The van der Waals surface area contributed by atoms with Crippen molar-refractivity contribution in [3.63, 3.8) is 0 Å². The predicted molar refractivity (Wildman–Crippen MR) is 255 cm³/mol. The van der Waals surface area contributed by atoms with Gasteiger partial charge in [-0.05, 0) is 39.8 Å². The third-order valence-electron chi connectivity index (χ3n) is 10.1. The fourth-order valence-corrected chi connectivity index (χ4v) is 11.7. The van der Waals surface area contributed by atoms with Crippen molar-refractivity contribution in [3.05, 3.63) is 215 Å². The minimum atomic E-state index is -4.17. The van der Waals surface area contributed by atoms with E-state index in [1.807, 2.05) is 187 Å². The predicted octanol–water partition coefficient (Wildman–Crippen LogP) is 8.10. The Morgan fingerprint density at radius 2 is 0.812 bits per heavy atom. The smallest absolute Gasteiger partial charge is 0.367 e. The molecule has 0 bridgehead atoms. The highest BCUT2D eigenvalue weighted by atomic mass is 28.4. The van der Waals surface area contributed by atoms with Crippen molar-refractivity contribution in [1.82, 2.24) is 15.8 Å². The topological polar surface area (TPSA) is 133 Å². The summed E-state index contributed by atoms with van der Waals surface area (Å²) in [6, 6.07) is 59.9. The van der Waals surface area contributed by atoms with Crippen LogP contribution in [-0.4, -0.2) is 59.5 Å². The molecule has 14 heteroatoms. The lowest BCUT2D eigenvalue weighted by Gasteiger charge is -2.43. The van der Waals surface area contributed by atoms with Crippen molar-refractivity contribution in [2.45, 2.75) is 58.8 Å². The summed E-state index contributed by atoms with van der Waals surface area (Å²) in [7, 11) is -8.31. The van der Waals surface area contributed by atoms with Crippen LogP contribution in [0.1, 0.15) is 46.7 Å². The van der Waals surface area contributed by atoms with Crippen LogP contribution in [0.15, 0.2) is 192 Å². The van der Waals surface area contributed by atoms with Gasteiger partial charge in [0.15, 0.2) is 0 Å². The van der Waals surface area contributed by atoms with E-state index < -0.39 is 23.4 Å². The molecule has 1 atom stereocenters. The van der Waals surface area contributed by atoms with Gasteiger partial charge in [-0.2, -0.15) is 4.99 Å². The van der Waals surface area contributed by atoms with Crippen LogP contribution >= 0.6 is 0 Å². The summed E-state index contributed by atoms with van der Waals surface area (Å²) in [6.07, 6.45) is 0.804. The van der Waals surface area contributed by atoms with Gasteiger partial charge in [-0.15, -0.1) is 0 Å². The fourth-order valence-electron chi connectivity index (χ4n) is 6.76. The first-order valence-electron chi connectivity index (χ1n) is 21.8. The number of hydrazine groups is 1. The van der Waals surface area contributed by atoms with E-state index in [4.69, 9.17) is 42.3 Å². The number of nitrogens with zero attached hydrogens (tertiary/aromatic N) is 3. The lowest BCUT2D eigenvalue weighted by atomic mass is 10.2. The summed E-state index contributed by atoms with van der Waals surface area (Å²) < 4.78 is 42.8. The van der Waals surface area contributed by atoms with Gasteiger partial charge >= 0.3 is 17.6 Å². The number of guanidine groups is 1. The standard InChI is InChI=1S/C50H58N6O6Si2/c1-2-34-53-56-48(52-35-33-51)54-49(63(57-36-42-21-9-3-10-22-42,58-37-43-23-11-4-12-24-43)59-38-44-25-13-5-14-26-44)55-50(56)64(60-39-45-27-15-6-16-28-45,61-40-46-29-17-7-18-30-46)62-41-47-31-19-8-20-32-47/h3-32,50,53H,2,33-41,51H2,1H3,(H,52,54,55). The van der Waals surface area contributed by atoms with E-state index >= 15 is 0 Å². The molecule has 0 fully saturated rings. The van der Waals surface area contributed by atoms with E-state index in [2.05, 4.69) is 17.7 Å². The number of hydrogen-bond acceptors (Lipinski definition) is 12. The van der Waals surface area contributed by atoms with Crippen LogP contribution in [0.5, 0.6) is 0 Å². The molecule has 0 radical (unpaired) electrons. The number of rotatable bonds is 25. The van der Waals surface area contributed by atoms with Crippen molar-refractivity contribution in [3.8, 4) is 0 Å². The zero-order valence-corrected chi connectivity index (χ0v) is 38.3. The molecule has 0 spiro atoms. The third kappa shape index (κ3) is 13.2. The van der Waals surface area contributed by atoms with Crippen LogP contribution in [0, 0.1) is 0 Å². The quantitative estimate of drug-likeness (QED) is 0.0485. The molecule has 12 nitrogen and oxygen atoms in total. The first-order chi connectivity index (χ1) is 31.6. The van der Waals surface area contributed by atoms with Gasteiger partial charge in [0.2, 0.25) is 17.2 Å². The SMILES string of the molecule is CCCNN1C(NCCN)=NC([Si](OCc2ccccc2)(OCc2ccccc2)OCc2ccccc2)=NC1[Si](OCc1ccccc1)(OCc1ccccc1)OCc1ccccc1. The number of amidine groups is 1. The molecule has 0 aliphatic carbocycles. The van der Waals surface area contributed by atoms with Crippen LogP contribution in [-0.2, 0) is 66.2 Å². The van der Waals surface area contributed by atoms with Crippen molar-refractivity contribution in [2.75, 3.05) is 19.6 Å². The van der Waals surface area contributed by atoms with E-state index in [9.17, 15) is 0 Å². The molecule has 0 saturated carbocycles. The maximum Gasteiger partial charge on any atom is 0.577 e. The molecule has 1 unspecified atom stereocenters. The average molecular weight is 895 g/mol. The van der Waals surface area contributed by atoms with Crippen molar-refractivity contribution >= 4 is 29.0 Å². The van der Waals surface area contributed by atoms with E-state index in [1.165, 1.54) is 0 Å². The average Bonchev–Trinajstić information content (AvgIpc) is 3.36. The highest BCUT2D eigenvalue weighted by Crippen LogP contribution is 2.31. The highest BCUT2D eigenvalue weighted by Gasteiger charge is 2.60. The fraction of sp³-hybridized carbons (Fsp3) is 0.240. The molecule has 0 saturated heterocycles. The maximum atomic E-state index is 7.20. The van der Waals surface area contributed by atoms with Crippen molar-refractivity contribution < 1.29 is 26.6 Å². The van der Waals surface area contributed by atoms with Gasteiger partial charge in [0, 0.05) is 19.6 Å². The summed E-state index contributed by atoms with van der Waals surface area (Å²) >= 11 is 0. The molecule has 7 rings (SSSR count). The molecule has 64 heavy (non-hydrogen) atoms. The van der Waals surface area contributed by atoms with Gasteiger partial charge in [0.05, 0.1) is 39.6 Å². The van der Waals surface area contributed by atoms with Crippen LogP contribution in [0.4, 0.5) is 0 Å². The molecule has 1 aliphatic rings. The normalized spacial score (nSPS) is 14.2. The zero-order chi connectivity index (χ0) is 44.1. The van der Waals surface area contributed by atoms with E-state index in [1.54, 1.807) is 0 Å². The molecule has 1 aliphatic heterocycles. The summed E-state index contributed by atoms with van der Waals surface area (Å²) in [5.41, 5.74) is 15.7. The van der Waals surface area contributed by atoms with Crippen LogP contribution in [0.2, 0.25) is 0 Å². The lowest BCUT2D eigenvalue weighted by molar-refractivity contribution is 0.0148. The molecule has 1 heterocycles. The van der Waals surface area contributed by atoms with Crippen LogP contribution in [0.3, 0.4) is 0 Å². The molecule has 6 aromatic rings. The first kappa shape index (κ1) is 46.4. The number of benzene rings is 6. The Bertz CT molecular complexity index is 2090. The molecular weight excluding hydrogens is 837 g/mol. The molecule has 4 N–H and O–H groups in total. The summed E-state index contributed by atoms with van der Waals surface area (Å²) in [5, 5.41) is 5.37. The van der Waals surface area contributed by atoms with E-state index in [-0.39, 0.29) is 45.1 Å². The van der Waals surface area contributed by atoms with Crippen LogP contribution in [0.25, 0.3) is 0 Å². The summed E-state index contributed by atoms with van der Waals surface area (Å²) in [4.78, 5) is 10.9. The van der Waals surface area contributed by atoms with Crippen molar-refractivity contribution in [2.24, 2.45) is 15.7 Å². The number of nitrogens with two attached hydrogens (primary N) is 1. The third-order valence-corrected chi connectivity index (χ3v) is 15.2. The Hall–Kier alpha value is -5.63. The molecule has 0 amide bonds. The van der Waals surface area contributed by atoms with Gasteiger partial charge in [0.1, 0.15) is 0 Å². The Balaban J connectivity index is 1.43. The second-order valence-corrected chi connectivity index (χ2v) is 20.1. The van der Waals surface area contributed by atoms with Gasteiger partial charge in [0.25, 0.3) is 0 Å². The Labute approximate surface area is 379 Å². The lowest BCUT2D eigenvalue weighted by Crippen LogP contribution is -2.70. The minimum Gasteiger partial charge on any atom is -0.367 e. The van der Waals surface area contributed by atoms with Gasteiger partial charge < -0.3 is 37.6 Å². The zero-order valence-electron chi connectivity index (χ0n) is 36.3. The Kier molecular flexibility index (Phi) is 17.7. The Morgan fingerprint density at radius 1 is 0.484 bits per heavy atom. The van der Waals surface area contributed by atoms with E-state index in [0.717, 1.165) is 39.8 Å². The molecular formula is C50H58N6O6Si2. The summed E-state index contributed by atoms with van der Waals surface area (Å²) in [5.74, 6) is -0.552. The van der Waals surface area contributed by atoms with Crippen molar-refractivity contribution in [1.29, 1.82) is 0 Å². The summed E-state index contributed by atoms with van der Waals surface area (Å²) in [6.45, 7) is 4.47. The molecule has 6 aromatic carbocycles. The Morgan fingerprint density at radius 3 is 1.12 bits per heavy atom. The number of nitrogens with one attached hydrogen (secondary N) is 2. The number of hydrogen-bond donors (Lipinski definition) is 3. The first-order valence-corrected chi connectivity index (χ1v) is 25.3. The maximum absolute atomic E-state index is 7.20. The van der Waals surface area contributed by atoms with Crippen LogP contribution < -0.4 is 16.5 Å². The van der Waals surface area contributed by atoms with Gasteiger partial charge in [-0.1, -0.05) is 189 Å². The number of aliphatic imine (C=N–C) groups is 2. The largest absolute Gasteiger partial charge is 0.577 e. The monoisotopic (exact) mass is 894 g/mol. The second kappa shape index (κ2) is 24.4. The molecule has 0 aromatic heterocycles. The van der Waals surface area contributed by atoms with Gasteiger partial charge in [-0.25, -0.2) is 15.4 Å².